The van der Waals surface area contributed by atoms with Gasteiger partial charge in [-0.2, -0.15) is 5.01 Å². The number of rotatable bonds is 0. The number of nitrogens with two attached hydrogens (primary N) is 1. The van der Waals surface area contributed by atoms with Crippen LogP contribution >= 0.6 is 0 Å². The van der Waals surface area contributed by atoms with Crippen LogP contribution in [-0.4, -0.2) is 17.1 Å². The van der Waals surface area contributed by atoms with Crippen LogP contribution in [0, 0.1) is 0 Å². The lowest BCUT2D eigenvalue weighted by Gasteiger charge is -2.04. The van der Waals surface area contributed by atoms with Crippen LogP contribution < -0.4 is 22.2 Å². The summed E-state index contributed by atoms with van der Waals surface area (Å²) in [6, 6.07) is -1.49. The van der Waals surface area contributed by atoms with Gasteiger partial charge < -0.3 is 5.73 Å². The van der Waals surface area contributed by atoms with Crippen LogP contribution in [0.2, 0.25) is 0 Å². The number of urea groups is 2. The predicted octanol–water partition coefficient (Wildman–Crippen LogP) is -1.99. The molecule has 1 saturated heterocycles. The summed E-state index contributed by atoms with van der Waals surface area (Å²) in [5, 5.41) is 0.597. The van der Waals surface area contributed by atoms with Crippen molar-refractivity contribution in [3.05, 3.63) is 0 Å². The Balaban J connectivity index is 2.60. The number of nitrogens with one attached hydrogen (secondary N) is 3. The summed E-state index contributed by atoms with van der Waals surface area (Å²) in [6.45, 7) is 0. The second-order valence-corrected chi connectivity index (χ2v) is 1.34. The van der Waals surface area contributed by atoms with Crippen LogP contribution in [0.1, 0.15) is 0 Å². The summed E-state index contributed by atoms with van der Waals surface area (Å²) in [5.41, 5.74) is 11.1. The Morgan fingerprint density at radius 3 is 2.56 bits per heavy atom. The second kappa shape index (κ2) is 1.88. The molecule has 4 amide bonds. The fraction of sp³-hybridized carbons (Fsp3) is 0. The largest absolute Gasteiger partial charge is 0.357 e. The number of carbonyl (C=O) groups is 2. The maximum absolute atomic E-state index is 10.4. The quantitative estimate of drug-likeness (QED) is 0.306. The molecule has 0 aromatic rings. The van der Waals surface area contributed by atoms with Crippen LogP contribution in [0.5, 0.6) is 0 Å². The predicted molar refractivity (Wildman–Crippen MR) is 26.2 cm³/mol. The molecule has 1 heterocycles. The van der Waals surface area contributed by atoms with Gasteiger partial charge in [-0.15, -0.1) is 11.1 Å². The van der Waals surface area contributed by atoms with E-state index in [2.05, 4.69) is 16.5 Å². The lowest BCUT2D eigenvalue weighted by molar-refractivity contribution is 0.189. The van der Waals surface area contributed by atoms with E-state index in [-0.39, 0.29) is 0 Å². The van der Waals surface area contributed by atoms with Gasteiger partial charge in [-0.05, 0) is 0 Å². The molecule has 0 aromatic carbocycles. The zero-order chi connectivity index (χ0) is 6.85. The highest BCUT2D eigenvalue weighted by atomic mass is 16.2. The van der Waals surface area contributed by atoms with Gasteiger partial charge in [0, 0.05) is 0 Å². The van der Waals surface area contributed by atoms with Crippen LogP contribution in [0.3, 0.4) is 0 Å². The minimum Gasteiger partial charge on any atom is -0.350 e. The number of hydrogen-bond donors (Lipinski definition) is 4. The van der Waals surface area contributed by atoms with E-state index in [4.69, 9.17) is 5.73 Å². The molecule has 7 heteroatoms. The molecule has 0 unspecified atom stereocenters. The number of hydrazine groups is 3. The van der Waals surface area contributed by atoms with E-state index < -0.39 is 12.1 Å². The smallest absolute Gasteiger partial charge is 0.350 e. The molecule has 7 nitrogen and oxygen atoms in total. The third-order valence-electron chi connectivity index (χ3n) is 0.761. The van der Waals surface area contributed by atoms with Gasteiger partial charge in [-0.3, -0.25) is 5.43 Å². The lowest BCUT2D eigenvalue weighted by Crippen LogP contribution is -2.45. The molecule has 0 aromatic heterocycles. The zero-order valence-electron chi connectivity index (χ0n) is 4.34. The highest BCUT2D eigenvalue weighted by molar-refractivity contribution is 5.92. The summed E-state index contributed by atoms with van der Waals surface area (Å²) >= 11 is 0. The van der Waals surface area contributed by atoms with Crippen molar-refractivity contribution in [2.75, 3.05) is 0 Å². The molecule has 50 valence electrons. The average molecular weight is 131 g/mol. The Kier molecular flexibility index (Phi) is 1.21. The summed E-state index contributed by atoms with van der Waals surface area (Å²) in [6.07, 6.45) is 0. The monoisotopic (exact) mass is 131 g/mol. The number of imide groups is 1. The number of nitrogens with zero attached hydrogens (tertiary/aromatic N) is 1. The zero-order valence-corrected chi connectivity index (χ0v) is 4.34. The Morgan fingerprint density at radius 2 is 2.33 bits per heavy atom. The van der Waals surface area contributed by atoms with E-state index in [0.717, 1.165) is 0 Å². The van der Waals surface area contributed by atoms with Crippen molar-refractivity contribution in [3.63, 3.8) is 0 Å². The highest BCUT2D eigenvalue weighted by Crippen LogP contribution is 1.83. The topological polar surface area (TPSA) is 99.5 Å². The first-order valence-electron chi connectivity index (χ1n) is 2.12. The molecule has 0 bridgehead atoms. The van der Waals surface area contributed by atoms with E-state index in [1.807, 2.05) is 0 Å². The first-order valence-corrected chi connectivity index (χ1v) is 2.12. The molecule has 0 atom stereocenters. The second-order valence-electron chi connectivity index (χ2n) is 1.34. The van der Waals surface area contributed by atoms with Crippen LogP contribution in [0.25, 0.3) is 0 Å². The van der Waals surface area contributed by atoms with E-state index in [1.54, 1.807) is 0 Å². The van der Waals surface area contributed by atoms with Crippen molar-refractivity contribution in [1.29, 1.82) is 0 Å². The van der Waals surface area contributed by atoms with Crippen molar-refractivity contribution in [2.45, 2.75) is 0 Å². The molecule has 1 aliphatic rings. The van der Waals surface area contributed by atoms with Gasteiger partial charge in [0.1, 0.15) is 0 Å². The Hall–Kier alpha value is -1.34. The van der Waals surface area contributed by atoms with Gasteiger partial charge in [0.05, 0.1) is 0 Å². The Morgan fingerprint density at radius 1 is 1.67 bits per heavy atom. The van der Waals surface area contributed by atoms with Crippen molar-refractivity contribution in [2.24, 2.45) is 5.73 Å². The maximum Gasteiger partial charge on any atom is 0.357 e. The lowest BCUT2D eigenvalue weighted by atomic mass is 10.9. The standard InChI is InChI=1S/C2H5N5O2/c3-1(8)7-2(9)4-5-6-7/h5-6H,(H2,3,8)(H,4,9). The van der Waals surface area contributed by atoms with Gasteiger partial charge in [0.25, 0.3) is 0 Å². The first kappa shape index (κ1) is 5.79. The molecule has 0 aliphatic carbocycles. The van der Waals surface area contributed by atoms with Gasteiger partial charge in [0.15, 0.2) is 0 Å². The molecule has 0 saturated carbocycles. The molecule has 0 radical (unpaired) electrons. The summed E-state index contributed by atoms with van der Waals surface area (Å²) < 4.78 is 0. The van der Waals surface area contributed by atoms with Crippen LogP contribution in [-0.2, 0) is 0 Å². The Bertz CT molecular complexity index is 155. The van der Waals surface area contributed by atoms with Gasteiger partial charge in [0.2, 0.25) is 0 Å². The van der Waals surface area contributed by atoms with Crippen molar-refractivity contribution >= 4 is 12.1 Å². The molecular weight excluding hydrogens is 126 g/mol. The average Bonchev–Trinajstić information content (AvgIpc) is 2.13. The number of primary amides is 1. The molecule has 1 rings (SSSR count). The molecule has 1 aliphatic heterocycles. The van der Waals surface area contributed by atoms with Crippen molar-refractivity contribution in [3.8, 4) is 0 Å². The van der Waals surface area contributed by atoms with Crippen molar-refractivity contribution < 1.29 is 9.59 Å². The Labute approximate surface area is 50.1 Å². The minimum absolute atomic E-state index is 0.597. The number of amides is 4. The van der Waals surface area contributed by atoms with E-state index in [0.29, 0.717) is 5.01 Å². The molecule has 1 fully saturated rings. The van der Waals surface area contributed by atoms with E-state index in [1.165, 1.54) is 0 Å². The van der Waals surface area contributed by atoms with Crippen LogP contribution in [0.15, 0.2) is 0 Å². The number of hydrogen-bond acceptors (Lipinski definition) is 4. The molecule has 0 spiro atoms. The maximum atomic E-state index is 10.4. The third-order valence-corrected chi connectivity index (χ3v) is 0.761. The fourth-order valence-electron chi connectivity index (χ4n) is 0.399. The van der Waals surface area contributed by atoms with Gasteiger partial charge in [-0.25, -0.2) is 9.59 Å². The SMILES string of the molecule is NC(=O)N1NNNC1=O. The van der Waals surface area contributed by atoms with E-state index in [9.17, 15) is 9.59 Å². The number of carbonyl (C=O) groups excluding carboxylic acids is 2. The van der Waals surface area contributed by atoms with Crippen LogP contribution in [0.4, 0.5) is 9.59 Å². The summed E-state index contributed by atoms with van der Waals surface area (Å²) in [4.78, 5) is 20.6. The molecule has 9 heavy (non-hydrogen) atoms. The van der Waals surface area contributed by atoms with Gasteiger partial charge >= 0.3 is 12.1 Å². The summed E-state index contributed by atoms with van der Waals surface area (Å²) in [5.74, 6) is 0. The van der Waals surface area contributed by atoms with E-state index >= 15 is 0 Å². The highest BCUT2D eigenvalue weighted by Gasteiger charge is 2.23. The third kappa shape index (κ3) is 0.902. The van der Waals surface area contributed by atoms with Crippen molar-refractivity contribution in [1.82, 2.24) is 21.5 Å². The molecular formula is C2H5N5O2. The minimum atomic E-state index is -0.863. The van der Waals surface area contributed by atoms with Gasteiger partial charge in [-0.1, -0.05) is 0 Å². The first-order chi connectivity index (χ1) is 4.22. The molecule has 5 N–H and O–H groups in total. The summed E-state index contributed by atoms with van der Waals surface area (Å²) in [7, 11) is 0. The normalized spacial score (nSPS) is 17.8. The fourth-order valence-corrected chi connectivity index (χ4v) is 0.399.